The van der Waals surface area contributed by atoms with Gasteiger partial charge in [-0.2, -0.15) is 0 Å². The molecule has 0 spiro atoms. The van der Waals surface area contributed by atoms with Crippen LogP contribution in [0.3, 0.4) is 0 Å². The molecule has 2 unspecified atom stereocenters. The minimum absolute atomic E-state index is 0.151. The van der Waals surface area contributed by atoms with E-state index in [0.29, 0.717) is 0 Å². The second kappa shape index (κ2) is 5.40. The van der Waals surface area contributed by atoms with Gasteiger partial charge in [-0.1, -0.05) is 19.1 Å². The van der Waals surface area contributed by atoms with Crippen LogP contribution >= 0.6 is 0 Å². The van der Waals surface area contributed by atoms with Crippen LogP contribution in [0.2, 0.25) is 0 Å². The number of nitrogens with one attached hydrogen (secondary N) is 1. The third-order valence-electron chi connectivity index (χ3n) is 3.40. The van der Waals surface area contributed by atoms with E-state index in [2.05, 4.69) is 24.4 Å². The van der Waals surface area contributed by atoms with Crippen LogP contribution in [-0.4, -0.2) is 18.6 Å². The van der Waals surface area contributed by atoms with E-state index in [4.69, 9.17) is 10.5 Å². The van der Waals surface area contributed by atoms with E-state index < -0.39 is 0 Å². The van der Waals surface area contributed by atoms with Crippen molar-refractivity contribution >= 4 is 5.91 Å². The Labute approximate surface area is 108 Å². The van der Waals surface area contributed by atoms with Gasteiger partial charge in [0.2, 0.25) is 5.91 Å². The standard InChI is InChI=1S/C14H20N2O2/c1-3-12(16-9(2)14(15)17)10-4-5-13-11(8-10)6-7-18-13/h4-5,8-9,12,16H,3,6-7H2,1-2H3,(H2,15,17). The predicted molar refractivity (Wildman–Crippen MR) is 70.5 cm³/mol. The van der Waals surface area contributed by atoms with E-state index in [0.717, 1.165) is 25.2 Å². The Balaban J connectivity index is 2.15. The number of carbonyl (C=O) groups is 1. The number of hydrogen-bond donors (Lipinski definition) is 2. The topological polar surface area (TPSA) is 64.3 Å². The summed E-state index contributed by atoms with van der Waals surface area (Å²) in [6.07, 6.45) is 1.88. The molecule has 1 heterocycles. The summed E-state index contributed by atoms with van der Waals surface area (Å²) < 4.78 is 5.49. The fraction of sp³-hybridized carbons (Fsp3) is 0.500. The van der Waals surface area contributed by atoms with Gasteiger partial charge in [-0.25, -0.2) is 0 Å². The zero-order valence-corrected chi connectivity index (χ0v) is 10.9. The lowest BCUT2D eigenvalue weighted by molar-refractivity contribution is -0.119. The second-order valence-corrected chi connectivity index (χ2v) is 4.72. The number of carbonyl (C=O) groups excluding carboxylic acids is 1. The average molecular weight is 248 g/mol. The molecule has 2 atom stereocenters. The minimum Gasteiger partial charge on any atom is -0.493 e. The summed E-state index contributed by atoms with van der Waals surface area (Å²) >= 11 is 0. The van der Waals surface area contributed by atoms with Crippen molar-refractivity contribution in [3.8, 4) is 5.75 Å². The van der Waals surface area contributed by atoms with Crippen molar-refractivity contribution in [2.45, 2.75) is 38.8 Å². The Morgan fingerprint density at radius 3 is 3.00 bits per heavy atom. The van der Waals surface area contributed by atoms with Crippen LogP contribution in [0.5, 0.6) is 5.75 Å². The Bertz CT molecular complexity index is 445. The average Bonchev–Trinajstić information content (AvgIpc) is 2.82. The number of nitrogens with two attached hydrogens (primary N) is 1. The van der Waals surface area contributed by atoms with Gasteiger partial charge in [0.1, 0.15) is 5.75 Å². The molecule has 4 nitrogen and oxygen atoms in total. The molecule has 0 bridgehead atoms. The number of primary amides is 1. The molecule has 2 rings (SSSR count). The summed E-state index contributed by atoms with van der Waals surface area (Å²) in [4.78, 5) is 11.1. The van der Waals surface area contributed by atoms with Gasteiger partial charge in [0.05, 0.1) is 12.6 Å². The van der Waals surface area contributed by atoms with Crippen LogP contribution in [0.15, 0.2) is 18.2 Å². The SMILES string of the molecule is CCC(NC(C)C(N)=O)c1ccc2c(c1)CCO2. The molecule has 0 aromatic heterocycles. The summed E-state index contributed by atoms with van der Waals surface area (Å²) in [7, 11) is 0. The second-order valence-electron chi connectivity index (χ2n) is 4.72. The lowest BCUT2D eigenvalue weighted by Gasteiger charge is -2.21. The van der Waals surface area contributed by atoms with Gasteiger partial charge in [0, 0.05) is 12.5 Å². The lowest BCUT2D eigenvalue weighted by Crippen LogP contribution is -2.40. The summed E-state index contributed by atoms with van der Waals surface area (Å²) in [5.74, 6) is 0.662. The van der Waals surface area contributed by atoms with Gasteiger partial charge in [-0.05, 0) is 30.5 Å². The fourth-order valence-corrected chi connectivity index (χ4v) is 2.26. The maximum absolute atomic E-state index is 11.1. The van der Waals surface area contributed by atoms with E-state index in [1.165, 1.54) is 11.1 Å². The Hall–Kier alpha value is -1.55. The highest BCUT2D eigenvalue weighted by Crippen LogP contribution is 2.29. The van der Waals surface area contributed by atoms with E-state index in [9.17, 15) is 4.79 Å². The highest BCUT2D eigenvalue weighted by Gasteiger charge is 2.18. The zero-order chi connectivity index (χ0) is 13.1. The summed E-state index contributed by atoms with van der Waals surface area (Å²) in [6.45, 7) is 4.65. The third-order valence-corrected chi connectivity index (χ3v) is 3.40. The molecule has 0 fully saturated rings. The van der Waals surface area contributed by atoms with Crippen LogP contribution in [0.1, 0.15) is 37.4 Å². The number of ether oxygens (including phenoxy) is 1. The molecular weight excluding hydrogens is 228 g/mol. The van der Waals surface area contributed by atoms with Gasteiger partial charge in [0.25, 0.3) is 0 Å². The summed E-state index contributed by atoms with van der Waals surface area (Å²) in [5, 5.41) is 3.26. The molecule has 1 aromatic carbocycles. The molecule has 0 radical (unpaired) electrons. The molecule has 3 N–H and O–H groups in total. The Morgan fingerprint density at radius 1 is 1.56 bits per heavy atom. The van der Waals surface area contributed by atoms with Gasteiger partial charge < -0.3 is 10.5 Å². The van der Waals surface area contributed by atoms with Crippen molar-refractivity contribution in [1.29, 1.82) is 0 Å². The first-order valence-corrected chi connectivity index (χ1v) is 6.42. The first kappa shape index (κ1) is 12.9. The number of rotatable bonds is 5. The molecule has 18 heavy (non-hydrogen) atoms. The van der Waals surface area contributed by atoms with Gasteiger partial charge in [0.15, 0.2) is 0 Å². The van der Waals surface area contributed by atoms with Gasteiger partial charge in [-0.3, -0.25) is 10.1 Å². The van der Waals surface area contributed by atoms with Gasteiger partial charge >= 0.3 is 0 Å². The van der Waals surface area contributed by atoms with Crippen molar-refractivity contribution in [3.05, 3.63) is 29.3 Å². The molecule has 1 aliphatic rings. The molecule has 4 heteroatoms. The molecule has 0 saturated heterocycles. The summed E-state index contributed by atoms with van der Waals surface area (Å²) in [6, 6.07) is 6.06. The van der Waals surface area contributed by atoms with E-state index >= 15 is 0 Å². The van der Waals surface area contributed by atoms with Crippen LogP contribution in [0, 0.1) is 0 Å². The minimum atomic E-state index is -0.321. The molecule has 0 saturated carbocycles. The molecule has 0 aliphatic carbocycles. The maximum atomic E-state index is 11.1. The van der Waals surface area contributed by atoms with E-state index in [1.54, 1.807) is 6.92 Å². The zero-order valence-electron chi connectivity index (χ0n) is 10.9. The first-order valence-electron chi connectivity index (χ1n) is 6.42. The largest absolute Gasteiger partial charge is 0.493 e. The molecule has 98 valence electrons. The monoisotopic (exact) mass is 248 g/mol. The molecule has 1 aliphatic heterocycles. The number of hydrogen-bond acceptors (Lipinski definition) is 3. The van der Waals surface area contributed by atoms with Gasteiger partial charge in [-0.15, -0.1) is 0 Å². The maximum Gasteiger partial charge on any atom is 0.234 e. The Kier molecular flexibility index (Phi) is 3.87. The number of benzene rings is 1. The van der Waals surface area contributed by atoms with Crippen LogP contribution in [0.25, 0.3) is 0 Å². The highest BCUT2D eigenvalue weighted by atomic mass is 16.5. The number of amides is 1. The quantitative estimate of drug-likeness (QED) is 0.830. The van der Waals surface area contributed by atoms with E-state index in [1.807, 2.05) is 6.07 Å². The molecule has 1 aromatic rings. The normalized spacial score (nSPS) is 16.8. The van der Waals surface area contributed by atoms with Crippen LogP contribution < -0.4 is 15.8 Å². The van der Waals surface area contributed by atoms with Crippen molar-refractivity contribution in [1.82, 2.24) is 5.32 Å². The van der Waals surface area contributed by atoms with Crippen molar-refractivity contribution < 1.29 is 9.53 Å². The predicted octanol–water partition coefficient (Wildman–Crippen LogP) is 1.54. The molecular formula is C14H20N2O2. The van der Waals surface area contributed by atoms with Crippen molar-refractivity contribution in [3.63, 3.8) is 0 Å². The van der Waals surface area contributed by atoms with Crippen molar-refractivity contribution in [2.24, 2.45) is 5.73 Å². The number of fused-ring (bicyclic) bond motifs is 1. The van der Waals surface area contributed by atoms with Crippen LogP contribution in [-0.2, 0) is 11.2 Å². The molecule has 1 amide bonds. The fourth-order valence-electron chi connectivity index (χ4n) is 2.26. The third kappa shape index (κ3) is 2.64. The lowest BCUT2D eigenvalue weighted by atomic mass is 10.00. The van der Waals surface area contributed by atoms with E-state index in [-0.39, 0.29) is 18.0 Å². The van der Waals surface area contributed by atoms with Crippen molar-refractivity contribution in [2.75, 3.05) is 6.61 Å². The first-order chi connectivity index (χ1) is 8.61. The summed E-state index contributed by atoms with van der Waals surface area (Å²) in [5.41, 5.74) is 7.72. The smallest absolute Gasteiger partial charge is 0.234 e. The van der Waals surface area contributed by atoms with Crippen LogP contribution in [0.4, 0.5) is 0 Å². The highest BCUT2D eigenvalue weighted by molar-refractivity contribution is 5.79. The Morgan fingerprint density at radius 2 is 2.33 bits per heavy atom.